The van der Waals surface area contributed by atoms with E-state index in [-0.39, 0.29) is 23.8 Å². The molecule has 0 aliphatic rings. The third-order valence-corrected chi connectivity index (χ3v) is 4.37. The van der Waals surface area contributed by atoms with Crippen LogP contribution in [0.2, 0.25) is 5.02 Å². The van der Waals surface area contributed by atoms with Crippen LogP contribution in [-0.2, 0) is 14.4 Å². The zero-order valence-electron chi connectivity index (χ0n) is 17.3. The molecule has 11 nitrogen and oxygen atoms in total. The highest BCUT2D eigenvalue weighted by atomic mass is 35.5. The Hall–Kier alpha value is -3.99. The van der Waals surface area contributed by atoms with Crippen LogP contribution in [0.4, 0.5) is 5.82 Å². The number of carbonyl (C=O) groups excluding carboxylic acids is 4. The molecule has 2 aromatic rings. The minimum Gasteiger partial charge on any atom is -0.384 e. The Balaban J connectivity index is 2.02. The molecule has 1 aromatic carbocycles. The van der Waals surface area contributed by atoms with E-state index in [1.165, 1.54) is 61.6 Å². The number of aromatic nitrogens is 1. The Morgan fingerprint density at radius 2 is 1.69 bits per heavy atom. The molecule has 0 fully saturated rings. The van der Waals surface area contributed by atoms with E-state index in [4.69, 9.17) is 22.7 Å². The lowest BCUT2D eigenvalue weighted by Crippen LogP contribution is -2.53. The second-order valence-electron chi connectivity index (χ2n) is 6.78. The zero-order chi connectivity index (χ0) is 23.8. The number of hydrogen-bond acceptors (Lipinski definition) is 6. The molecule has 1 atom stereocenters. The van der Waals surface area contributed by atoms with Gasteiger partial charge in [-0.2, -0.15) is 0 Å². The number of carbonyl (C=O) groups is 4. The molecule has 0 aliphatic carbocycles. The van der Waals surface area contributed by atoms with Crippen molar-refractivity contribution in [3.8, 4) is 0 Å². The van der Waals surface area contributed by atoms with Gasteiger partial charge in [0.25, 0.3) is 5.91 Å². The van der Waals surface area contributed by atoms with Crippen LogP contribution in [0.3, 0.4) is 0 Å². The second-order valence-corrected chi connectivity index (χ2v) is 7.21. The van der Waals surface area contributed by atoms with Crippen LogP contribution in [0.1, 0.15) is 15.9 Å². The first kappa shape index (κ1) is 24.3. The molecule has 4 amide bonds. The van der Waals surface area contributed by atoms with Crippen molar-refractivity contribution >= 4 is 46.9 Å². The summed E-state index contributed by atoms with van der Waals surface area (Å²) in [6.07, 6.45) is 1.30. The number of rotatable bonds is 7. The van der Waals surface area contributed by atoms with Crippen molar-refractivity contribution < 1.29 is 19.2 Å². The van der Waals surface area contributed by atoms with Crippen molar-refractivity contribution in [1.82, 2.24) is 20.5 Å². The molecule has 1 unspecified atom stereocenters. The maximum Gasteiger partial charge on any atom is 0.314 e. The van der Waals surface area contributed by atoms with Crippen molar-refractivity contribution in [2.75, 3.05) is 26.0 Å². The van der Waals surface area contributed by atoms with E-state index in [1.54, 1.807) is 0 Å². The molecule has 1 heterocycles. The molecule has 0 saturated heterocycles. The van der Waals surface area contributed by atoms with Gasteiger partial charge < -0.3 is 26.6 Å². The Morgan fingerprint density at radius 1 is 1.06 bits per heavy atom. The van der Waals surface area contributed by atoms with Gasteiger partial charge in [-0.3, -0.25) is 24.6 Å². The third kappa shape index (κ3) is 6.77. The van der Waals surface area contributed by atoms with Crippen LogP contribution in [0.5, 0.6) is 0 Å². The van der Waals surface area contributed by atoms with Gasteiger partial charge in [0.1, 0.15) is 17.7 Å². The number of anilines is 1. The number of amides is 4. The normalized spacial score (nSPS) is 11.1. The largest absolute Gasteiger partial charge is 0.384 e. The van der Waals surface area contributed by atoms with Crippen molar-refractivity contribution in [2.45, 2.75) is 6.04 Å². The van der Waals surface area contributed by atoms with Crippen molar-refractivity contribution in [3.05, 3.63) is 58.7 Å². The minimum absolute atomic E-state index is 0.123. The van der Waals surface area contributed by atoms with E-state index >= 15 is 0 Å². The molecule has 2 rings (SSSR count). The summed E-state index contributed by atoms with van der Waals surface area (Å²) < 4.78 is 0. The summed E-state index contributed by atoms with van der Waals surface area (Å²) in [5.41, 5.74) is 6.06. The van der Waals surface area contributed by atoms with Crippen molar-refractivity contribution in [3.63, 3.8) is 0 Å². The van der Waals surface area contributed by atoms with Gasteiger partial charge in [0.15, 0.2) is 0 Å². The maximum atomic E-state index is 12.5. The van der Waals surface area contributed by atoms with E-state index < -0.39 is 29.7 Å². The van der Waals surface area contributed by atoms with Crippen molar-refractivity contribution in [1.29, 1.82) is 5.41 Å². The number of halogens is 1. The fourth-order valence-electron chi connectivity index (χ4n) is 2.45. The Kier molecular flexibility index (Phi) is 8.24. The highest BCUT2D eigenvalue weighted by Gasteiger charge is 2.25. The van der Waals surface area contributed by atoms with E-state index in [0.717, 1.165) is 0 Å². The topological polar surface area (TPSA) is 170 Å². The lowest BCUT2D eigenvalue weighted by molar-refractivity contribution is -0.136. The highest BCUT2D eigenvalue weighted by Crippen LogP contribution is 2.09. The van der Waals surface area contributed by atoms with Crippen LogP contribution in [-0.4, -0.2) is 66.0 Å². The maximum absolute atomic E-state index is 12.5. The molecular formula is C20H22ClN7O4. The molecule has 32 heavy (non-hydrogen) atoms. The van der Waals surface area contributed by atoms with Crippen LogP contribution in [0.25, 0.3) is 0 Å². The lowest BCUT2D eigenvalue weighted by Gasteiger charge is -2.22. The number of nitrogens with two attached hydrogens (primary N) is 1. The summed E-state index contributed by atoms with van der Waals surface area (Å²) >= 11 is 5.72. The van der Waals surface area contributed by atoms with Crippen molar-refractivity contribution in [2.24, 2.45) is 5.73 Å². The number of hydrogen-bond donors (Lipinski definition) is 5. The average Bonchev–Trinajstić information content (AvgIpc) is 2.77. The fraction of sp³-hybridized carbons (Fsp3) is 0.200. The quantitative estimate of drug-likeness (QED) is 0.221. The van der Waals surface area contributed by atoms with E-state index in [0.29, 0.717) is 10.6 Å². The number of benzene rings is 1. The van der Waals surface area contributed by atoms with Gasteiger partial charge in [0.05, 0.1) is 5.02 Å². The standard InChI is InChI=1S/C20H22ClN7O4/c1-28(2)20(32)14(26-17(29)12-5-3-11(4-6-12)16(22)23)10-25-18(30)19(31)27-15-8-7-13(21)9-24-15/h3-9,14H,10H2,1-2H3,(H3,22,23)(H,25,30)(H,26,29)(H,24,27,31). The van der Waals surface area contributed by atoms with E-state index in [1.807, 2.05) is 0 Å². The molecule has 0 saturated carbocycles. The SMILES string of the molecule is CN(C)C(=O)C(CNC(=O)C(=O)Nc1ccc(Cl)cn1)NC(=O)c1ccc(C(=N)N)cc1. The van der Waals surface area contributed by atoms with Crippen LogP contribution in [0.15, 0.2) is 42.6 Å². The monoisotopic (exact) mass is 459 g/mol. The van der Waals surface area contributed by atoms with Crippen LogP contribution >= 0.6 is 11.6 Å². The van der Waals surface area contributed by atoms with Gasteiger partial charge in [-0.1, -0.05) is 23.7 Å². The third-order valence-electron chi connectivity index (χ3n) is 4.14. The van der Waals surface area contributed by atoms with Gasteiger partial charge in [0.2, 0.25) is 5.91 Å². The summed E-state index contributed by atoms with van der Waals surface area (Å²) in [6, 6.07) is 7.68. The predicted molar refractivity (Wildman–Crippen MR) is 118 cm³/mol. The first-order chi connectivity index (χ1) is 15.1. The summed E-state index contributed by atoms with van der Waals surface area (Å²) in [5.74, 6) is -3.10. The Labute approximate surface area is 188 Å². The van der Waals surface area contributed by atoms with Gasteiger partial charge in [-0.25, -0.2) is 4.98 Å². The molecule has 1 aromatic heterocycles. The number of pyridine rings is 1. The summed E-state index contributed by atoms with van der Waals surface area (Å²) in [6.45, 7) is -0.325. The number of nitrogen functional groups attached to an aromatic ring is 1. The summed E-state index contributed by atoms with van der Waals surface area (Å²) in [4.78, 5) is 54.2. The van der Waals surface area contributed by atoms with Gasteiger partial charge >= 0.3 is 11.8 Å². The molecule has 0 bridgehead atoms. The first-order valence-corrected chi connectivity index (χ1v) is 9.63. The molecule has 6 N–H and O–H groups in total. The van der Waals surface area contributed by atoms with Gasteiger partial charge in [-0.05, 0) is 24.3 Å². The molecule has 0 radical (unpaired) electrons. The predicted octanol–water partition coefficient (Wildman–Crippen LogP) is -0.0394. The molecule has 0 spiro atoms. The lowest BCUT2D eigenvalue weighted by atomic mass is 10.1. The highest BCUT2D eigenvalue weighted by molar-refractivity contribution is 6.39. The molecular weight excluding hydrogens is 438 g/mol. The molecule has 12 heteroatoms. The first-order valence-electron chi connectivity index (χ1n) is 9.25. The molecule has 168 valence electrons. The minimum atomic E-state index is -1.13. The number of likely N-dealkylation sites (N-methyl/N-ethyl adjacent to an activating group) is 1. The molecule has 0 aliphatic heterocycles. The smallest absolute Gasteiger partial charge is 0.314 e. The number of amidine groups is 1. The summed E-state index contributed by atoms with van der Waals surface area (Å²) in [7, 11) is 2.98. The van der Waals surface area contributed by atoms with E-state index in [2.05, 4.69) is 20.9 Å². The second kappa shape index (κ2) is 10.9. The Bertz CT molecular complexity index is 1020. The number of nitrogens with zero attached hydrogens (tertiary/aromatic N) is 2. The number of nitrogens with one attached hydrogen (secondary N) is 4. The van der Waals surface area contributed by atoms with Gasteiger partial charge in [-0.15, -0.1) is 0 Å². The average molecular weight is 460 g/mol. The van der Waals surface area contributed by atoms with Gasteiger partial charge in [0, 0.05) is 38.0 Å². The van der Waals surface area contributed by atoms with E-state index in [9.17, 15) is 19.2 Å². The summed E-state index contributed by atoms with van der Waals surface area (Å²) in [5, 5.41) is 14.9. The van der Waals surface area contributed by atoms with Crippen LogP contribution < -0.4 is 21.7 Å². The van der Waals surface area contributed by atoms with Crippen LogP contribution in [0, 0.1) is 5.41 Å². The Morgan fingerprint density at radius 3 is 2.22 bits per heavy atom. The zero-order valence-corrected chi connectivity index (χ0v) is 18.1. The fourth-order valence-corrected chi connectivity index (χ4v) is 2.56.